The van der Waals surface area contributed by atoms with E-state index in [9.17, 15) is 0 Å². The molecule has 0 unspecified atom stereocenters. The molecule has 0 atom stereocenters. The van der Waals surface area contributed by atoms with Crippen LogP contribution in [0.25, 0.3) is 0 Å². The number of hydrogen-bond acceptors (Lipinski definition) is 1. The third-order valence-corrected chi connectivity index (χ3v) is 3.88. The SMILES string of the molecule is C[NH+]1CC[NH+](CCCn2cnc(CC[NH3+])c2)CC1. The molecular formula is C13H28N5+3. The van der Waals surface area contributed by atoms with Crippen LogP contribution >= 0.6 is 0 Å². The number of hydrogen-bond donors (Lipinski definition) is 3. The molecule has 0 amide bonds. The summed E-state index contributed by atoms with van der Waals surface area (Å²) in [6.45, 7) is 8.67. The molecule has 5 nitrogen and oxygen atoms in total. The van der Waals surface area contributed by atoms with Crippen LogP contribution in [0.2, 0.25) is 0 Å². The molecule has 5 N–H and O–H groups in total. The lowest BCUT2D eigenvalue weighted by molar-refractivity contribution is -1.00. The highest BCUT2D eigenvalue weighted by atomic mass is 15.2. The Morgan fingerprint density at radius 2 is 2.11 bits per heavy atom. The van der Waals surface area contributed by atoms with Crippen molar-refractivity contribution < 1.29 is 15.5 Å². The molecule has 0 radical (unpaired) electrons. The molecule has 1 aliphatic heterocycles. The smallest absolute Gasteiger partial charge is 0.127 e. The Morgan fingerprint density at radius 1 is 1.33 bits per heavy atom. The lowest BCUT2D eigenvalue weighted by Crippen LogP contribution is -3.27. The average molecular weight is 254 g/mol. The first kappa shape index (κ1) is 13.5. The minimum Gasteiger partial charge on any atom is -0.357 e. The second-order valence-corrected chi connectivity index (χ2v) is 5.52. The summed E-state index contributed by atoms with van der Waals surface area (Å²) in [4.78, 5) is 7.86. The molecular weight excluding hydrogens is 226 g/mol. The zero-order chi connectivity index (χ0) is 12.8. The summed E-state index contributed by atoms with van der Waals surface area (Å²) < 4.78 is 2.23. The monoisotopic (exact) mass is 254 g/mol. The third kappa shape index (κ3) is 4.08. The second kappa shape index (κ2) is 6.87. The number of aromatic nitrogens is 2. The van der Waals surface area contributed by atoms with Gasteiger partial charge in [0.1, 0.15) is 26.2 Å². The normalized spacial score (nSPS) is 24.3. The van der Waals surface area contributed by atoms with Crippen LogP contribution in [0.3, 0.4) is 0 Å². The molecule has 102 valence electrons. The van der Waals surface area contributed by atoms with Crippen LogP contribution in [0.5, 0.6) is 0 Å². The maximum atomic E-state index is 4.39. The number of aryl methyl sites for hydroxylation is 1. The molecule has 0 aliphatic carbocycles. The quantitative estimate of drug-likeness (QED) is 0.484. The van der Waals surface area contributed by atoms with Crippen LogP contribution in [0.15, 0.2) is 12.5 Å². The van der Waals surface area contributed by atoms with Crippen molar-refractivity contribution in [3.63, 3.8) is 0 Å². The van der Waals surface area contributed by atoms with Crippen molar-refractivity contribution in [3.8, 4) is 0 Å². The van der Waals surface area contributed by atoms with Gasteiger partial charge in [-0.3, -0.25) is 0 Å². The highest BCUT2D eigenvalue weighted by molar-refractivity contribution is 4.96. The van der Waals surface area contributed by atoms with Crippen LogP contribution in [0.4, 0.5) is 0 Å². The van der Waals surface area contributed by atoms with Crippen LogP contribution in [-0.4, -0.2) is 55.9 Å². The number of imidazole rings is 1. The summed E-state index contributed by atoms with van der Waals surface area (Å²) in [6.07, 6.45) is 6.40. The van der Waals surface area contributed by atoms with Crippen molar-refractivity contribution in [3.05, 3.63) is 18.2 Å². The first-order valence-corrected chi connectivity index (χ1v) is 7.22. The predicted molar refractivity (Wildman–Crippen MR) is 70.5 cm³/mol. The molecule has 2 heterocycles. The Kier molecular flexibility index (Phi) is 5.16. The van der Waals surface area contributed by atoms with Gasteiger partial charge >= 0.3 is 0 Å². The molecule has 1 aromatic rings. The summed E-state index contributed by atoms with van der Waals surface area (Å²) in [7, 11) is 2.30. The zero-order valence-electron chi connectivity index (χ0n) is 11.6. The highest BCUT2D eigenvalue weighted by Crippen LogP contribution is 1.97. The number of nitrogens with zero attached hydrogens (tertiary/aromatic N) is 2. The topological polar surface area (TPSA) is 54.3 Å². The molecule has 2 rings (SSSR count). The third-order valence-electron chi connectivity index (χ3n) is 3.88. The van der Waals surface area contributed by atoms with Crippen molar-refractivity contribution in [2.24, 2.45) is 0 Å². The van der Waals surface area contributed by atoms with E-state index >= 15 is 0 Å². The van der Waals surface area contributed by atoms with E-state index in [1.807, 2.05) is 6.33 Å². The molecule has 0 saturated carbocycles. The molecule has 0 aromatic carbocycles. The summed E-state index contributed by atoms with van der Waals surface area (Å²) >= 11 is 0. The number of piperazine rings is 1. The van der Waals surface area contributed by atoms with Gasteiger partial charge in [-0.2, -0.15) is 0 Å². The lowest BCUT2D eigenvalue weighted by Gasteiger charge is -2.27. The van der Waals surface area contributed by atoms with Crippen LogP contribution in [0.1, 0.15) is 12.1 Å². The van der Waals surface area contributed by atoms with Crippen molar-refractivity contribution in [2.45, 2.75) is 19.4 Å². The first-order chi connectivity index (χ1) is 8.78. The summed E-state index contributed by atoms with van der Waals surface area (Å²) in [6, 6.07) is 0. The number of likely N-dealkylation sites (N-methyl/N-ethyl adjacent to an activating group) is 1. The van der Waals surface area contributed by atoms with E-state index < -0.39 is 0 Å². The molecule has 18 heavy (non-hydrogen) atoms. The van der Waals surface area contributed by atoms with Crippen molar-refractivity contribution in [2.75, 3.05) is 46.3 Å². The molecule has 1 saturated heterocycles. The standard InChI is InChI=1S/C13H25N5/c1-16-7-9-17(10-8-16)5-2-6-18-11-13(3-4-14)15-12-18/h11-12H,2-10,14H2,1H3/p+3. The minimum atomic E-state index is 0.935. The van der Waals surface area contributed by atoms with E-state index in [1.165, 1.54) is 44.8 Å². The largest absolute Gasteiger partial charge is 0.357 e. The fourth-order valence-electron chi connectivity index (χ4n) is 2.63. The molecule has 0 bridgehead atoms. The van der Waals surface area contributed by atoms with Gasteiger partial charge in [0, 0.05) is 25.6 Å². The molecule has 1 aliphatic rings. The maximum absolute atomic E-state index is 4.39. The van der Waals surface area contributed by atoms with Gasteiger partial charge in [-0.05, 0) is 0 Å². The van der Waals surface area contributed by atoms with Gasteiger partial charge in [-0.1, -0.05) is 0 Å². The van der Waals surface area contributed by atoms with Crippen LogP contribution in [0, 0.1) is 0 Å². The fourth-order valence-corrected chi connectivity index (χ4v) is 2.63. The second-order valence-electron chi connectivity index (χ2n) is 5.52. The summed E-state index contributed by atoms with van der Waals surface area (Å²) in [5, 5.41) is 0. The van der Waals surface area contributed by atoms with E-state index in [4.69, 9.17) is 0 Å². The van der Waals surface area contributed by atoms with Gasteiger partial charge < -0.3 is 20.1 Å². The van der Waals surface area contributed by atoms with Crippen molar-refractivity contribution >= 4 is 0 Å². The number of quaternary nitrogens is 3. The average Bonchev–Trinajstić information content (AvgIpc) is 2.80. The van der Waals surface area contributed by atoms with Gasteiger partial charge in [0.15, 0.2) is 0 Å². The highest BCUT2D eigenvalue weighted by Gasteiger charge is 2.18. The van der Waals surface area contributed by atoms with Gasteiger partial charge in [-0.25, -0.2) is 4.98 Å². The number of nitrogens with one attached hydrogen (secondary N) is 2. The Hall–Kier alpha value is -0.910. The van der Waals surface area contributed by atoms with Crippen LogP contribution < -0.4 is 15.5 Å². The predicted octanol–water partition coefficient (Wildman–Crippen LogP) is -3.53. The van der Waals surface area contributed by atoms with Crippen LogP contribution in [-0.2, 0) is 13.0 Å². The van der Waals surface area contributed by atoms with Gasteiger partial charge in [0.25, 0.3) is 0 Å². The van der Waals surface area contributed by atoms with Gasteiger partial charge in [0.2, 0.25) is 0 Å². The molecule has 5 heteroatoms. The van der Waals surface area contributed by atoms with E-state index in [1.54, 1.807) is 9.80 Å². The summed E-state index contributed by atoms with van der Waals surface area (Å²) in [5.74, 6) is 0. The van der Waals surface area contributed by atoms with E-state index in [-0.39, 0.29) is 0 Å². The molecule has 1 aromatic heterocycles. The fraction of sp³-hybridized carbons (Fsp3) is 0.769. The molecule has 1 fully saturated rings. The Labute approximate surface area is 110 Å². The maximum Gasteiger partial charge on any atom is 0.127 e. The van der Waals surface area contributed by atoms with Crippen molar-refractivity contribution in [1.29, 1.82) is 0 Å². The zero-order valence-corrected chi connectivity index (χ0v) is 11.6. The Morgan fingerprint density at radius 3 is 2.83 bits per heavy atom. The summed E-state index contributed by atoms with van der Waals surface area (Å²) in [5.41, 5.74) is 5.05. The Balaban J connectivity index is 1.65. The lowest BCUT2D eigenvalue weighted by atomic mass is 10.3. The van der Waals surface area contributed by atoms with E-state index in [2.05, 4.69) is 28.5 Å². The Bertz CT molecular complexity index is 341. The first-order valence-electron chi connectivity index (χ1n) is 7.22. The van der Waals surface area contributed by atoms with Crippen molar-refractivity contribution in [1.82, 2.24) is 9.55 Å². The van der Waals surface area contributed by atoms with Gasteiger partial charge in [-0.15, -0.1) is 0 Å². The minimum absolute atomic E-state index is 0.935. The van der Waals surface area contributed by atoms with E-state index in [0.717, 1.165) is 19.5 Å². The molecule has 0 spiro atoms. The van der Waals surface area contributed by atoms with E-state index in [0.29, 0.717) is 0 Å². The number of rotatable bonds is 6. The van der Waals surface area contributed by atoms with Gasteiger partial charge in [0.05, 0.1) is 32.2 Å².